The molecular formula is C19H13BrINO. The van der Waals surface area contributed by atoms with Gasteiger partial charge in [0.1, 0.15) is 5.75 Å². The van der Waals surface area contributed by atoms with Gasteiger partial charge in [-0.25, -0.2) is 0 Å². The molecule has 3 rings (SSSR count). The molecule has 0 aliphatic heterocycles. The molecule has 23 heavy (non-hydrogen) atoms. The largest absolute Gasteiger partial charge is 0.506 e. The Balaban J connectivity index is 1.84. The summed E-state index contributed by atoms with van der Waals surface area (Å²) in [4.78, 5) is 4.45. The molecule has 2 nitrogen and oxygen atoms in total. The van der Waals surface area contributed by atoms with Crippen LogP contribution in [0.5, 0.6) is 5.75 Å². The third-order valence-corrected chi connectivity index (χ3v) is 4.66. The summed E-state index contributed by atoms with van der Waals surface area (Å²) in [6.07, 6.45) is 1.68. The van der Waals surface area contributed by atoms with Gasteiger partial charge in [0.15, 0.2) is 0 Å². The molecule has 114 valence electrons. The molecule has 0 saturated heterocycles. The zero-order valence-electron chi connectivity index (χ0n) is 12.1. The van der Waals surface area contributed by atoms with Gasteiger partial charge in [-0.05, 0) is 58.0 Å². The topological polar surface area (TPSA) is 32.6 Å². The molecule has 1 N–H and O–H groups in total. The van der Waals surface area contributed by atoms with Gasteiger partial charge in [0, 0.05) is 16.3 Å². The number of aliphatic imine (C=N–C) groups is 1. The molecule has 0 atom stereocenters. The number of benzene rings is 3. The number of phenolic OH excluding ortho intramolecular Hbond substituents is 1. The number of rotatable bonds is 3. The highest BCUT2D eigenvalue weighted by molar-refractivity contribution is 14.1. The maximum absolute atomic E-state index is 10.1. The Bertz CT molecular complexity index is 845. The fraction of sp³-hybridized carbons (Fsp3) is 0. The SMILES string of the molecule is Oc1c(I)cc(Br)cc1C=Nc1ccc(-c2ccccc2)cc1. The van der Waals surface area contributed by atoms with Crippen LogP contribution in [-0.2, 0) is 0 Å². The van der Waals surface area contributed by atoms with Gasteiger partial charge in [0.2, 0.25) is 0 Å². The van der Waals surface area contributed by atoms with Crippen LogP contribution < -0.4 is 0 Å². The minimum absolute atomic E-state index is 0.249. The van der Waals surface area contributed by atoms with Crippen molar-refractivity contribution >= 4 is 50.4 Å². The van der Waals surface area contributed by atoms with Crippen LogP contribution in [0.3, 0.4) is 0 Å². The summed E-state index contributed by atoms with van der Waals surface area (Å²) < 4.78 is 1.71. The molecule has 0 saturated carbocycles. The first kappa shape index (κ1) is 16.2. The van der Waals surface area contributed by atoms with Gasteiger partial charge in [-0.1, -0.05) is 58.4 Å². The molecule has 0 aliphatic carbocycles. The number of aromatic hydroxyl groups is 1. The normalized spacial score (nSPS) is 11.0. The molecule has 0 heterocycles. The average Bonchev–Trinajstić information content (AvgIpc) is 2.58. The fourth-order valence-corrected chi connectivity index (χ4v) is 3.75. The second-order valence-corrected chi connectivity index (χ2v) is 7.07. The van der Waals surface area contributed by atoms with E-state index in [1.54, 1.807) is 6.21 Å². The predicted octanol–water partition coefficient (Wildman–Crippen LogP) is 6.18. The van der Waals surface area contributed by atoms with Crippen LogP contribution >= 0.6 is 38.5 Å². The predicted molar refractivity (Wildman–Crippen MR) is 108 cm³/mol. The van der Waals surface area contributed by atoms with Crippen LogP contribution in [0, 0.1) is 3.57 Å². The van der Waals surface area contributed by atoms with Gasteiger partial charge in [-0.15, -0.1) is 0 Å². The molecule has 0 amide bonds. The Labute approximate surface area is 157 Å². The first-order chi connectivity index (χ1) is 11.1. The molecule has 0 unspecified atom stereocenters. The van der Waals surface area contributed by atoms with Gasteiger partial charge in [-0.3, -0.25) is 4.99 Å². The van der Waals surface area contributed by atoms with Crippen molar-refractivity contribution < 1.29 is 5.11 Å². The van der Waals surface area contributed by atoms with Crippen LogP contribution in [0.25, 0.3) is 11.1 Å². The average molecular weight is 478 g/mol. The van der Waals surface area contributed by atoms with Crippen molar-refractivity contribution in [2.24, 2.45) is 4.99 Å². The number of nitrogens with zero attached hydrogens (tertiary/aromatic N) is 1. The van der Waals surface area contributed by atoms with Crippen molar-refractivity contribution in [3.05, 3.63) is 80.3 Å². The molecule has 4 heteroatoms. The zero-order valence-corrected chi connectivity index (χ0v) is 15.8. The highest BCUT2D eigenvalue weighted by Crippen LogP contribution is 2.28. The van der Waals surface area contributed by atoms with Crippen molar-refractivity contribution in [3.8, 4) is 16.9 Å². The maximum atomic E-state index is 10.1. The second kappa shape index (κ2) is 7.27. The van der Waals surface area contributed by atoms with Crippen LogP contribution in [-0.4, -0.2) is 11.3 Å². The van der Waals surface area contributed by atoms with Gasteiger partial charge >= 0.3 is 0 Å². The molecule has 0 bridgehead atoms. The fourth-order valence-electron chi connectivity index (χ4n) is 2.20. The van der Waals surface area contributed by atoms with E-state index in [2.05, 4.69) is 55.6 Å². The zero-order chi connectivity index (χ0) is 16.2. The lowest BCUT2D eigenvalue weighted by Gasteiger charge is -2.04. The second-order valence-electron chi connectivity index (χ2n) is 5.00. The van der Waals surface area contributed by atoms with Gasteiger partial charge in [-0.2, -0.15) is 0 Å². The van der Waals surface area contributed by atoms with Crippen LogP contribution in [0.2, 0.25) is 0 Å². The summed E-state index contributed by atoms with van der Waals surface area (Å²) in [5, 5.41) is 10.1. The molecule has 0 spiro atoms. The molecule has 0 aromatic heterocycles. The molecule has 3 aromatic carbocycles. The van der Waals surface area contributed by atoms with E-state index in [1.807, 2.05) is 54.6 Å². The number of hydrogen-bond acceptors (Lipinski definition) is 2. The molecule has 0 aliphatic rings. The lowest BCUT2D eigenvalue weighted by molar-refractivity contribution is 0.470. The summed E-state index contributed by atoms with van der Waals surface area (Å²) in [6.45, 7) is 0. The number of halogens is 2. The maximum Gasteiger partial charge on any atom is 0.137 e. The van der Waals surface area contributed by atoms with Gasteiger partial charge in [0.25, 0.3) is 0 Å². The summed E-state index contributed by atoms with van der Waals surface area (Å²) >= 11 is 5.53. The Kier molecular flexibility index (Phi) is 5.13. The summed E-state index contributed by atoms with van der Waals surface area (Å²) in [5.74, 6) is 0.249. The summed E-state index contributed by atoms with van der Waals surface area (Å²) in [5.41, 5.74) is 3.88. The van der Waals surface area contributed by atoms with Crippen molar-refractivity contribution in [1.82, 2.24) is 0 Å². The minimum Gasteiger partial charge on any atom is -0.506 e. The minimum atomic E-state index is 0.249. The Morgan fingerprint density at radius 3 is 2.26 bits per heavy atom. The van der Waals surface area contributed by atoms with E-state index in [1.165, 1.54) is 5.56 Å². The van der Waals surface area contributed by atoms with Gasteiger partial charge < -0.3 is 5.11 Å². The monoisotopic (exact) mass is 477 g/mol. The van der Waals surface area contributed by atoms with Crippen LogP contribution in [0.1, 0.15) is 5.56 Å². The summed E-state index contributed by atoms with van der Waals surface area (Å²) in [7, 11) is 0. The van der Waals surface area contributed by atoms with E-state index in [4.69, 9.17) is 0 Å². The molecule has 3 aromatic rings. The van der Waals surface area contributed by atoms with Crippen LogP contribution in [0.4, 0.5) is 5.69 Å². The smallest absolute Gasteiger partial charge is 0.137 e. The Hall–Kier alpha value is -1.66. The van der Waals surface area contributed by atoms with Crippen molar-refractivity contribution in [3.63, 3.8) is 0 Å². The quantitative estimate of drug-likeness (QED) is 0.354. The van der Waals surface area contributed by atoms with E-state index in [-0.39, 0.29) is 5.75 Å². The van der Waals surface area contributed by atoms with E-state index in [0.717, 1.165) is 19.3 Å². The Morgan fingerprint density at radius 1 is 0.913 bits per heavy atom. The Morgan fingerprint density at radius 2 is 1.57 bits per heavy atom. The van der Waals surface area contributed by atoms with Crippen molar-refractivity contribution in [2.75, 3.05) is 0 Å². The van der Waals surface area contributed by atoms with E-state index < -0.39 is 0 Å². The highest BCUT2D eigenvalue weighted by Gasteiger charge is 2.05. The lowest BCUT2D eigenvalue weighted by Crippen LogP contribution is -1.86. The van der Waals surface area contributed by atoms with Crippen molar-refractivity contribution in [1.29, 1.82) is 0 Å². The third kappa shape index (κ3) is 4.00. The standard InChI is InChI=1S/C19H13BrINO/c20-16-10-15(19(23)18(21)11-16)12-22-17-8-6-14(7-9-17)13-4-2-1-3-5-13/h1-12,23H. The van der Waals surface area contributed by atoms with E-state index in [9.17, 15) is 5.11 Å². The van der Waals surface area contributed by atoms with Crippen LogP contribution in [0.15, 0.2) is 76.2 Å². The van der Waals surface area contributed by atoms with E-state index in [0.29, 0.717) is 5.56 Å². The highest BCUT2D eigenvalue weighted by atomic mass is 127. The summed E-state index contributed by atoms with van der Waals surface area (Å²) in [6, 6.07) is 22.0. The van der Waals surface area contributed by atoms with Gasteiger partial charge in [0.05, 0.1) is 9.26 Å². The van der Waals surface area contributed by atoms with E-state index >= 15 is 0 Å². The molecule has 0 radical (unpaired) electrons. The molecular weight excluding hydrogens is 465 g/mol. The third-order valence-electron chi connectivity index (χ3n) is 3.38. The number of phenols is 1. The number of hydrogen-bond donors (Lipinski definition) is 1. The first-order valence-electron chi connectivity index (χ1n) is 7.01. The lowest BCUT2D eigenvalue weighted by atomic mass is 10.1. The molecule has 0 fully saturated rings. The van der Waals surface area contributed by atoms with Crippen molar-refractivity contribution in [2.45, 2.75) is 0 Å². The first-order valence-corrected chi connectivity index (χ1v) is 8.88.